The van der Waals surface area contributed by atoms with Gasteiger partial charge in [0.15, 0.2) is 0 Å². The van der Waals surface area contributed by atoms with Crippen molar-refractivity contribution < 1.29 is 0 Å². The first-order valence-corrected chi connectivity index (χ1v) is 6.85. The Morgan fingerprint density at radius 1 is 1.44 bits per heavy atom. The number of hydrogen-bond acceptors (Lipinski definition) is 3. The van der Waals surface area contributed by atoms with E-state index in [-0.39, 0.29) is 0 Å². The number of fused-ring (bicyclic) bond motifs is 1. The molecular weight excluding hydrogens is 222 g/mol. The SMILES string of the molecule is CCC(C)N1Cc2c(cccc2N(C)C)C1CN. The van der Waals surface area contributed by atoms with Crippen LogP contribution in [0.4, 0.5) is 5.69 Å². The molecule has 0 radical (unpaired) electrons. The van der Waals surface area contributed by atoms with Crippen LogP contribution >= 0.6 is 0 Å². The Hall–Kier alpha value is -1.06. The van der Waals surface area contributed by atoms with E-state index in [0.29, 0.717) is 18.6 Å². The third kappa shape index (κ3) is 2.13. The highest BCUT2D eigenvalue weighted by Crippen LogP contribution is 2.39. The van der Waals surface area contributed by atoms with E-state index >= 15 is 0 Å². The highest BCUT2D eigenvalue weighted by atomic mass is 15.2. The van der Waals surface area contributed by atoms with Crippen molar-refractivity contribution >= 4 is 5.69 Å². The van der Waals surface area contributed by atoms with Gasteiger partial charge in [-0.05, 0) is 30.5 Å². The molecule has 2 atom stereocenters. The van der Waals surface area contributed by atoms with Crippen LogP contribution in [0.5, 0.6) is 0 Å². The van der Waals surface area contributed by atoms with Crippen molar-refractivity contribution in [1.82, 2.24) is 4.90 Å². The summed E-state index contributed by atoms with van der Waals surface area (Å²) in [7, 11) is 4.22. The van der Waals surface area contributed by atoms with Crippen LogP contribution in [0.3, 0.4) is 0 Å². The number of benzene rings is 1. The van der Waals surface area contributed by atoms with Gasteiger partial charge in [-0.1, -0.05) is 19.1 Å². The van der Waals surface area contributed by atoms with Gasteiger partial charge in [-0.25, -0.2) is 0 Å². The number of rotatable bonds is 4. The minimum Gasteiger partial charge on any atom is -0.377 e. The maximum atomic E-state index is 6.00. The lowest BCUT2D eigenvalue weighted by Crippen LogP contribution is -2.34. The predicted molar refractivity (Wildman–Crippen MR) is 77.9 cm³/mol. The summed E-state index contributed by atoms with van der Waals surface area (Å²) in [6, 6.07) is 7.56. The first kappa shape index (κ1) is 13.4. The summed E-state index contributed by atoms with van der Waals surface area (Å²) in [4.78, 5) is 4.74. The summed E-state index contributed by atoms with van der Waals surface area (Å²) in [5.74, 6) is 0. The molecule has 2 unspecified atom stereocenters. The second-order valence-corrected chi connectivity index (χ2v) is 5.42. The maximum absolute atomic E-state index is 6.00. The van der Waals surface area contributed by atoms with Crippen LogP contribution in [-0.4, -0.2) is 31.6 Å². The van der Waals surface area contributed by atoms with Crippen LogP contribution in [-0.2, 0) is 6.54 Å². The predicted octanol–water partition coefficient (Wildman–Crippen LogP) is 2.37. The van der Waals surface area contributed by atoms with Gasteiger partial charge in [0.1, 0.15) is 0 Å². The van der Waals surface area contributed by atoms with Crippen molar-refractivity contribution in [3.05, 3.63) is 29.3 Å². The summed E-state index contributed by atoms with van der Waals surface area (Å²) >= 11 is 0. The lowest BCUT2D eigenvalue weighted by molar-refractivity contribution is 0.157. The minimum absolute atomic E-state index is 0.384. The quantitative estimate of drug-likeness (QED) is 0.886. The molecule has 18 heavy (non-hydrogen) atoms. The zero-order valence-electron chi connectivity index (χ0n) is 12.0. The molecule has 0 saturated carbocycles. The largest absolute Gasteiger partial charge is 0.377 e. The standard InChI is InChI=1S/C15H25N3/c1-5-11(2)18-10-13-12(15(18)9-16)7-6-8-14(13)17(3)4/h6-8,11,15H,5,9-10,16H2,1-4H3. The molecule has 3 nitrogen and oxygen atoms in total. The molecular formula is C15H25N3. The zero-order valence-corrected chi connectivity index (χ0v) is 12.0. The van der Waals surface area contributed by atoms with Gasteiger partial charge >= 0.3 is 0 Å². The fraction of sp³-hybridized carbons (Fsp3) is 0.600. The molecule has 1 aromatic rings. The van der Waals surface area contributed by atoms with Gasteiger partial charge in [0.25, 0.3) is 0 Å². The molecule has 0 aliphatic carbocycles. The minimum atomic E-state index is 0.384. The fourth-order valence-corrected chi connectivity index (χ4v) is 2.93. The molecule has 100 valence electrons. The molecule has 1 aliphatic heterocycles. The normalized spacial score (nSPS) is 20.8. The number of anilines is 1. The lowest BCUT2D eigenvalue weighted by Gasteiger charge is -2.29. The van der Waals surface area contributed by atoms with Crippen LogP contribution in [0, 0.1) is 0 Å². The molecule has 1 heterocycles. The topological polar surface area (TPSA) is 32.5 Å². The number of nitrogens with two attached hydrogens (primary N) is 1. The van der Waals surface area contributed by atoms with E-state index in [2.05, 4.69) is 55.9 Å². The van der Waals surface area contributed by atoms with E-state index < -0.39 is 0 Å². The van der Waals surface area contributed by atoms with Gasteiger partial charge in [0, 0.05) is 45.0 Å². The van der Waals surface area contributed by atoms with Crippen molar-refractivity contribution in [2.24, 2.45) is 5.73 Å². The van der Waals surface area contributed by atoms with Crippen LogP contribution < -0.4 is 10.6 Å². The third-order valence-electron chi connectivity index (χ3n) is 4.15. The van der Waals surface area contributed by atoms with E-state index in [9.17, 15) is 0 Å². The highest BCUT2D eigenvalue weighted by molar-refractivity contribution is 5.58. The van der Waals surface area contributed by atoms with Gasteiger partial charge in [-0.3, -0.25) is 4.90 Å². The molecule has 2 N–H and O–H groups in total. The number of nitrogens with zero attached hydrogens (tertiary/aromatic N) is 2. The molecule has 0 amide bonds. The molecule has 0 spiro atoms. The van der Waals surface area contributed by atoms with Crippen molar-refractivity contribution in [2.75, 3.05) is 25.5 Å². The molecule has 0 fully saturated rings. The molecule has 0 saturated heterocycles. The first-order chi connectivity index (χ1) is 8.60. The van der Waals surface area contributed by atoms with Crippen LogP contribution in [0.2, 0.25) is 0 Å². The summed E-state index contributed by atoms with van der Waals surface area (Å²) in [5.41, 5.74) is 10.2. The van der Waals surface area contributed by atoms with Crippen molar-refractivity contribution in [3.63, 3.8) is 0 Å². The van der Waals surface area contributed by atoms with Gasteiger partial charge in [-0.15, -0.1) is 0 Å². The van der Waals surface area contributed by atoms with Crippen LogP contribution in [0.25, 0.3) is 0 Å². The second-order valence-electron chi connectivity index (χ2n) is 5.42. The highest BCUT2D eigenvalue weighted by Gasteiger charge is 2.33. The second kappa shape index (κ2) is 5.29. The molecule has 1 aliphatic rings. The Morgan fingerprint density at radius 2 is 2.17 bits per heavy atom. The van der Waals surface area contributed by atoms with Crippen molar-refractivity contribution in [1.29, 1.82) is 0 Å². The van der Waals surface area contributed by atoms with Crippen molar-refractivity contribution in [2.45, 2.75) is 38.9 Å². The summed E-state index contributed by atoms with van der Waals surface area (Å²) in [6.45, 7) is 6.27. The Bertz CT molecular complexity index is 414. The van der Waals surface area contributed by atoms with Gasteiger partial charge < -0.3 is 10.6 Å². The molecule has 0 bridgehead atoms. The Labute approximate surface area is 111 Å². The summed E-state index contributed by atoms with van der Waals surface area (Å²) < 4.78 is 0. The van der Waals surface area contributed by atoms with Gasteiger partial charge in [0.2, 0.25) is 0 Å². The monoisotopic (exact) mass is 247 g/mol. The smallest absolute Gasteiger partial charge is 0.0480 e. The summed E-state index contributed by atoms with van der Waals surface area (Å²) in [6.07, 6.45) is 1.17. The van der Waals surface area contributed by atoms with E-state index in [1.807, 2.05) is 0 Å². The van der Waals surface area contributed by atoms with Crippen molar-refractivity contribution in [3.8, 4) is 0 Å². The molecule has 3 heteroatoms. The van der Waals surface area contributed by atoms with Gasteiger partial charge in [-0.2, -0.15) is 0 Å². The van der Waals surface area contributed by atoms with E-state index in [4.69, 9.17) is 5.73 Å². The Morgan fingerprint density at radius 3 is 2.72 bits per heavy atom. The molecule has 1 aromatic carbocycles. The van der Waals surface area contributed by atoms with Gasteiger partial charge in [0.05, 0.1) is 0 Å². The molecule has 2 rings (SSSR count). The third-order valence-corrected chi connectivity index (χ3v) is 4.15. The first-order valence-electron chi connectivity index (χ1n) is 6.85. The van der Waals surface area contributed by atoms with E-state index in [1.54, 1.807) is 0 Å². The Balaban J connectivity index is 2.40. The van der Waals surface area contributed by atoms with E-state index in [0.717, 1.165) is 6.54 Å². The Kier molecular flexibility index (Phi) is 3.93. The van der Waals surface area contributed by atoms with Crippen LogP contribution in [0.1, 0.15) is 37.4 Å². The zero-order chi connectivity index (χ0) is 13.3. The van der Waals surface area contributed by atoms with E-state index in [1.165, 1.54) is 23.2 Å². The fourth-order valence-electron chi connectivity index (χ4n) is 2.93. The maximum Gasteiger partial charge on any atom is 0.0480 e. The average molecular weight is 247 g/mol. The van der Waals surface area contributed by atoms with Crippen LogP contribution in [0.15, 0.2) is 18.2 Å². The number of hydrogen-bond donors (Lipinski definition) is 1. The lowest BCUT2D eigenvalue weighted by atomic mass is 10.0. The summed E-state index contributed by atoms with van der Waals surface area (Å²) in [5, 5.41) is 0. The molecule has 0 aromatic heterocycles. The average Bonchev–Trinajstić information content (AvgIpc) is 2.75.